The predicted octanol–water partition coefficient (Wildman–Crippen LogP) is 3.91. The molecule has 1 atom stereocenters. The molecule has 0 saturated heterocycles. The summed E-state index contributed by atoms with van der Waals surface area (Å²) >= 11 is 9.37. The second kappa shape index (κ2) is 6.17. The third-order valence-electron chi connectivity index (χ3n) is 2.77. The third-order valence-corrected chi connectivity index (χ3v) is 3.62. The van der Waals surface area contributed by atoms with Gasteiger partial charge in [0.1, 0.15) is 5.92 Å². The van der Waals surface area contributed by atoms with Crippen LogP contribution in [0.1, 0.15) is 17.2 Å². The number of aromatic nitrogens is 1. The first-order valence-electron chi connectivity index (χ1n) is 5.65. The van der Waals surface area contributed by atoms with E-state index in [1.54, 1.807) is 18.3 Å². The lowest BCUT2D eigenvalue weighted by Crippen LogP contribution is -2.16. The van der Waals surface area contributed by atoms with E-state index in [4.69, 9.17) is 11.6 Å². The van der Waals surface area contributed by atoms with E-state index in [0.717, 1.165) is 10.0 Å². The lowest BCUT2D eigenvalue weighted by Gasteiger charge is -2.13. The average molecular weight is 341 g/mol. The monoisotopic (exact) mass is 339 g/mol. The van der Waals surface area contributed by atoms with E-state index in [1.807, 2.05) is 24.3 Å². The van der Waals surface area contributed by atoms with Gasteiger partial charge in [0.25, 0.3) is 0 Å². The molecule has 1 heterocycles. The molecule has 0 bridgehead atoms. The zero-order valence-corrected chi connectivity index (χ0v) is 12.2. The largest absolute Gasteiger partial charge is 0.481 e. The molecule has 0 amide bonds. The fourth-order valence-corrected chi connectivity index (χ4v) is 2.33. The minimum atomic E-state index is -0.927. The van der Waals surface area contributed by atoms with Crippen LogP contribution in [0.3, 0.4) is 0 Å². The Hall–Kier alpha value is -1.39. The van der Waals surface area contributed by atoms with Crippen LogP contribution in [0.15, 0.2) is 47.1 Å². The number of rotatable bonds is 4. The van der Waals surface area contributed by atoms with Crippen molar-refractivity contribution in [2.45, 2.75) is 12.3 Å². The van der Waals surface area contributed by atoms with Gasteiger partial charge >= 0.3 is 5.97 Å². The first-order chi connectivity index (χ1) is 9.08. The number of carboxylic acid groups (broad SMARTS) is 1. The molecule has 19 heavy (non-hydrogen) atoms. The normalized spacial score (nSPS) is 12.1. The summed E-state index contributed by atoms with van der Waals surface area (Å²) in [5.41, 5.74) is 1.33. The Bertz CT molecular complexity index is 586. The summed E-state index contributed by atoms with van der Waals surface area (Å²) in [7, 11) is 0. The Labute approximate surface area is 124 Å². The van der Waals surface area contributed by atoms with Crippen LogP contribution in [-0.4, -0.2) is 16.1 Å². The molecule has 0 spiro atoms. The van der Waals surface area contributed by atoms with Gasteiger partial charge in [0.05, 0.1) is 10.7 Å². The van der Waals surface area contributed by atoms with E-state index < -0.39 is 11.9 Å². The fraction of sp³-hybridized carbons (Fsp3) is 0.143. The third kappa shape index (κ3) is 3.55. The second-order valence-corrected chi connectivity index (χ2v) is 5.41. The molecule has 0 aliphatic carbocycles. The van der Waals surface area contributed by atoms with E-state index in [1.165, 1.54) is 0 Å². The van der Waals surface area contributed by atoms with Crippen LogP contribution in [0.5, 0.6) is 0 Å². The fourth-order valence-electron chi connectivity index (χ4n) is 1.81. The molecule has 98 valence electrons. The van der Waals surface area contributed by atoms with Crippen LogP contribution in [0, 0.1) is 0 Å². The topological polar surface area (TPSA) is 50.2 Å². The van der Waals surface area contributed by atoms with Crippen molar-refractivity contribution in [2.24, 2.45) is 0 Å². The number of aliphatic carboxylic acids is 1. The van der Waals surface area contributed by atoms with Crippen LogP contribution in [0.4, 0.5) is 0 Å². The van der Waals surface area contributed by atoms with Gasteiger partial charge in [-0.3, -0.25) is 9.78 Å². The van der Waals surface area contributed by atoms with E-state index >= 15 is 0 Å². The van der Waals surface area contributed by atoms with Crippen molar-refractivity contribution in [1.29, 1.82) is 0 Å². The molecule has 5 heteroatoms. The van der Waals surface area contributed by atoms with E-state index in [-0.39, 0.29) is 0 Å². The van der Waals surface area contributed by atoms with Gasteiger partial charge in [0, 0.05) is 10.7 Å². The highest BCUT2D eigenvalue weighted by Gasteiger charge is 2.24. The smallest absolute Gasteiger partial charge is 0.312 e. The van der Waals surface area contributed by atoms with Crippen LogP contribution < -0.4 is 0 Å². The van der Waals surface area contributed by atoms with Crippen molar-refractivity contribution in [3.63, 3.8) is 0 Å². The highest BCUT2D eigenvalue weighted by atomic mass is 79.9. The molecule has 1 unspecified atom stereocenters. The SMILES string of the molecule is O=C(O)C(Cc1ccc(Br)cc1)c1ncccc1Cl. The molecule has 0 aliphatic heterocycles. The van der Waals surface area contributed by atoms with Crippen molar-refractivity contribution < 1.29 is 9.90 Å². The number of carbonyl (C=O) groups is 1. The minimum Gasteiger partial charge on any atom is -0.481 e. The summed E-state index contributed by atoms with van der Waals surface area (Å²) in [5, 5.41) is 9.74. The van der Waals surface area contributed by atoms with Crippen LogP contribution in [0.2, 0.25) is 5.02 Å². The number of halogens is 2. The molecule has 0 aliphatic rings. The van der Waals surface area contributed by atoms with Crippen LogP contribution >= 0.6 is 27.5 Å². The van der Waals surface area contributed by atoms with E-state index in [2.05, 4.69) is 20.9 Å². The standard InChI is InChI=1S/C14H11BrClNO2/c15-10-5-3-9(4-6-10)8-11(14(18)19)13-12(16)2-1-7-17-13/h1-7,11H,8H2,(H,18,19). The second-order valence-electron chi connectivity index (χ2n) is 4.09. The summed E-state index contributed by atoms with van der Waals surface area (Å²) in [5.74, 6) is -1.67. The number of pyridine rings is 1. The summed E-state index contributed by atoms with van der Waals surface area (Å²) in [4.78, 5) is 15.5. The molecule has 0 radical (unpaired) electrons. The van der Waals surface area contributed by atoms with Gasteiger partial charge in [0.15, 0.2) is 0 Å². The van der Waals surface area contributed by atoms with Gasteiger partial charge in [-0.05, 0) is 36.2 Å². The quantitative estimate of drug-likeness (QED) is 0.918. The molecule has 0 saturated carbocycles. The Kier molecular flexibility index (Phi) is 4.56. The summed E-state index contributed by atoms with van der Waals surface area (Å²) in [6.07, 6.45) is 1.91. The first-order valence-corrected chi connectivity index (χ1v) is 6.82. The Morgan fingerprint density at radius 3 is 2.58 bits per heavy atom. The predicted molar refractivity (Wildman–Crippen MR) is 77.5 cm³/mol. The van der Waals surface area contributed by atoms with Gasteiger partial charge in [-0.15, -0.1) is 0 Å². The maximum Gasteiger partial charge on any atom is 0.312 e. The Balaban J connectivity index is 2.29. The van der Waals surface area contributed by atoms with Crippen molar-refractivity contribution >= 4 is 33.5 Å². The van der Waals surface area contributed by atoms with Crippen molar-refractivity contribution in [3.8, 4) is 0 Å². The van der Waals surface area contributed by atoms with Crippen molar-refractivity contribution in [2.75, 3.05) is 0 Å². The zero-order chi connectivity index (χ0) is 13.8. The number of benzene rings is 1. The molecule has 1 aromatic carbocycles. The molecule has 0 fully saturated rings. The summed E-state index contributed by atoms with van der Waals surface area (Å²) in [6.45, 7) is 0. The molecular formula is C14H11BrClNO2. The maximum atomic E-state index is 11.4. The highest BCUT2D eigenvalue weighted by molar-refractivity contribution is 9.10. The number of carboxylic acids is 1. The van der Waals surface area contributed by atoms with Crippen molar-refractivity contribution in [3.05, 3.63) is 63.3 Å². The van der Waals surface area contributed by atoms with Crippen LogP contribution in [0.25, 0.3) is 0 Å². The lowest BCUT2D eigenvalue weighted by molar-refractivity contribution is -0.138. The molecule has 1 N–H and O–H groups in total. The summed E-state index contributed by atoms with van der Waals surface area (Å²) in [6, 6.07) is 10.9. The van der Waals surface area contributed by atoms with Gasteiger partial charge in [-0.25, -0.2) is 0 Å². The number of hydrogen-bond donors (Lipinski definition) is 1. The average Bonchev–Trinajstić information content (AvgIpc) is 2.39. The Morgan fingerprint density at radius 2 is 2.00 bits per heavy atom. The molecule has 2 aromatic rings. The number of hydrogen-bond acceptors (Lipinski definition) is 2. The number of nitrogens with zero attached hydrogens (tertiary/aromatic N) is 1. The molecular weight excluding hydrogens is 330 g/mol. The highest BCUT2D eigenvalue weighted by Crippen LogP contribution is 2.26. The van der Waals surface area contributed by atoms with E-state index in [9.17, 15) is 9.90 Å². The summed E-state index contributed by atoms with van der Waals surface area (Å²) < 4.78 is 0.957. The first kappa shape index (κ1) is 14.0. The Morgan fingerprint density at radius 1 is 1.32 bits per heavy atom. The van der Waals surface area contributed by atoms with Crippen molar-refractivity contribution in [1.82, 2.24) is 4.98 Å². The minimum absolute atomic E-state index is 0.360. The zero-order valence-electron chi connectivity index (χ0n) is 9.88. The van der Waals surface area contributed by atoms with Gasteiger partial charge in [-0.1, -0.05) is 39.7 Å². The molecule has 2 rings (SSSR count). The van der Waals surface area contributed by atoms with Gasteiger partial charge in [-0.2, -0.15) is 0 Å². The maximum absolute atomic E-state index is 11.4. The molecule has 1 aromatic heterocycles. The van der Waals surface area contributed by atoms with Crippen LogP contribution in [-0.2, 0) is 11.2 Å². The van der Waals surface area contributed by atoms with E-state index in [0.29, 0.717) is 17.1 Å². The lowest BCUT2D eigenvalue weighted by atomic mass is 9.96. The van der Waals surface area contributed by atoms with Gasteiger partial charge in [0.2, 0.25) is 0 Å². The molecule has 3 nitrogen and oxygen atoms in total. The van der Waals surface area contributed by atoms with Gasteiger partial charge < -0.3 is 5.11 Å².